The second-order valence-electron chi connectivity index (χ2n) is 5.25. The molecule has 21 heavy (non-hydrogen) atoms. The Labute approximate surface area is 126 Å². The number of ether oxygens (including phenoxy) is 2. The fourth-order valence-electron chi connectivity index (χ4n) is 2.58. The first-order chi connectivity index (χ1) is 10.1. The van der Waals surface area contributed by atoms with Crippen LogP contribution in [0.2, 0.25) is 0 Å². The van der Waals surface area contributed by atoms with Crippen LogP contribution in [-0.4, -0.2) is 14.2 Å². The van der Waals surface area contributed by atoms with Crippen molar-refractivity contribution in [1.29, 1.82) is 0 Å². The summed E-state index contributed by atoms with van der Waals surface area (Å²) in [7, 11) is 3.41. The van der Waals surface area contributed by atoms with Gasteiger partial charge in [0.2, 0.25) is 0 Å². The Morgan fingerprint density at radius 3 is 2.29 bits per heavy atom. The van der Waals surface area contributed by atoms with Crippen LogP contribution < -0.4 is 14.8 Å². The van der Waals surface area contributed by atoms with Crippen LogP contribution in [0.15, 0.2) is 30.3 Å². The highest BCUT2D eigenvalue weighted by Gasteiger charge is 2.08. The van der Waals surface area contributed by atoms with Gasteiger partial charge in [-0.15, -0.1) is 0 Å². The van der Waals surface area contributed by atoms with Gasteiger partial charge in [0.05, 0.1) is 14.2 Å². The quantitative estimate of drug-likeness (QED) is 0.891. The third-order valence-electron chi connectivity index (χ3n) is 3.75. The zero-order valence-corrected chi connectivity index (χ0v) is 13.4. The van der Waals surface area contributed by atoms with Crippen molar-refractivity contribution in [2.45, 2.75) is 27.3 Å². The van der Waals surface area contributed by atoms with Crippen LogP contribution in [0.25, 0.3) is 0 Å². The Balaban J connectivity index is 2.15. The molecule has 3 nitrogen and oxygen atoms in total. The number of aryl methyl sites for hydroxylation is 2. The molecule has 0 aromatic heterocycles. The van der Waals surface area contributed by atoms with E-state index in [2.05, 4.69) is 50.4 Å². The van der Waals surface area contributed by atoms with Gasteiger partial charge in [-0.2, -0.15) is 0 Å². The van der Waals surface area contributed by atoms with Gasteiger partial charge in [-0.3, -0.25) is 0 Å². The van der Waals surface area contributed by atoms with Crippen molar-refractivity contribution in [2.75, 3.05) is 19.5 Å². The van der Waals surface area contributed by atoms with Crippen LogP contribution in [0.5, 0.6) is 11.5 Å². The Morgan fingerprint density at radius 1 is 0.905 bits per heavy atom. The average molecular weight is 285 g/mol. The summed E-state index contributed by atoms with van der Waals surface area (Å²) in [5, 5.41) is 3.48. The van der Waals surface area contributed by atoms with Crippen LogP contribution in [-0.2, 0) is 6.54 Å². The van der Waals surface area contributed by atoms with E-state index in [4.69, 9.17) is 9.47 Å². The number of methoxy groups -OCH3 is 2. The lowest BCUT2D eigenvalue weighted by atomic mass is 10.1. The van der Waals surface area contributed by atoms with E-state index in [1.54, 1.807) is 14.2 Å². The molecule has 0 saturated heterocycles. The molecule has 0 aliphatic carbocycles. The number of hydrogen-bond donors (Lipinski definition) is 1. The van der Waals surface area contributed by atoms with E-state index in [1.165, 1.54) is 5.56 Å². The zero-order chi connectivity index (χ0) is 15.4. The predicted octanol–water partition coefficient (Wildman–Crippen LogP) is 4.24. The molecule has 112 valence electrons. The lowest BCUT2D eigenvalue weighted by molar-refractivity contribution is 0.409. The monoisotopic (exact) mass is 285 g/mol. The first-order valence-corrected chi connectivity index (χ1v) is 7.08. The molecule has 0 saturated carbocycles. The highest BCUT2D eigenvalue weighted by molar-refractivity contribution is 5.59. The molecule has 0 aliphatic heterocycles. The molecule has 0 aliphatic rings. The molecule has 0 amide bonds. The lowest BCUT2D eigenvalue weighted by Gasteiger charge is -2.15. The van der Waals surface area contributed by atoms with Crippen LogP contribution in [0.3, 0.4) is 0 Å². The van der Waals surface area contributed by atoms with Crippen molar-refractivity contribution >= 4 is 5.69 Å². The zero-order valence-electron chi connectivity index (χ0n) is 13.4. The van der Waals surface area contributed by atoms with E-state index < -0.39 is 0 Å². The smallest absolute Gasteiger partial charge is 0.126 e. The number of hydrogen-bond acceptors (Lipinski definition) is 3. The highest BCUT2D eigenvalue weighted by Crippen LogP contribution is 2.29. The summed E-state index contributed by atoms with van der Waals surface area (Å²) in [6.07, 6.45) is 0. The molecule has 0 radical (unpaired) electrons. The summed E-state index contributed by atoms with van der Waals surface area (Å²) in [6, 6.07) is 10.4. The molecule has 0 fully saturated rings. The second-order valence-corrected chi connectivity index (χ2v) is 5.25. The minimum atomic E-state index is 0.776. The standard InChI is InChI=1S/C18H23NO2/c1-12-6-8-16(14(3)18(12)21-5)19-11-15-7-9-17(20-4)13(2)10-15/h6-10,19H,11H2,1-5H3. The topological polar surface area (TPSA) is 30.5 Å². The number of rotatable bonds is 5. The second kappa shape index (κ2) is 6.53. The average Bonchev–Trinajstić information content (AvgIpc) is 2.47. The predicted molar refractivity (Wildman–Crippen MR) is 87.5 cm³/mol. The van der Waals surface area contributed by atoms with Crippen LogP contribution in [0.4, 0.5) is 5.69 Å². The maximum Gasteiger partial charge on any atom is 0.126 e. The molecular weight excluding hydrogens is 262 g/mol. The van der Waals surface area contributed by atoms with E-state index in [0.29, 0.717) is 0 Å². The van der Waals surface area contributed by atoms with Gasteiger partial charge in [-0.25, -0.2) is 0 Å². The van der Waals surface area contributed by atoms with Crippen molar-refractivity contribution < 1.29 is 9.47 Å². The lowest BCUT2D eigenvalue weighted by Crippen LogP contribution is -2.03. The molecule has 0 bridgehead atoms. The molecule has 1 N–H and O–H groups in total. The number of anilines is 1. The molecular formula is C18H23NO2. The van der Waals surface area contributed by atoms with Crippen molar-refractivity contribution in [2.24, 2.45) is 0 Å². The largest absolute Gasteiger partial charge is 0.496 e. The number of benzene rings is 2. The highest BCUT2D eigenvalue weighted by atomic mass is 16.5. The van der Waals surface area contributed by atoms with Crippen LogP contribution in [0.1, 0.15) is 22.3 Å². The van der Waals surface area contributed by atoms with Gasteiger partial charge in [0.1, 0.15) is 11.5 Å². The molecule has 3 heteroatoms. The van der Waals surface area contributed by atoms with Crippen LogP contribution in [0, 0.1) is 20.8 Å². The van der Waals surface area contributed by atoms with Crippen molar-refractivity contribution in [3.05, 3.63) is 52.6 Å². The van der Waals surface area contributed by atoms with Gasteiger partial charge in [-0.1, -0.05) is 18.2 Å². The summed E-state index contributed by atoms with van der Waals surface area (Å²) in [5.74, 6) is 1.87. The third kappa shape index (κ3) is 3.30. The van der Waals surface area contributed by atoms with E-state index in [-0.39, 0.29) is 0 Å². The van der Waals surface area contributed by atoms with E-state index in [0.717, 1.165) is 40.4 Å². The minimum absolute atomic E-state index is 0.776. The first kappa shape index (κ1) is 15.2. The minimum Gasteiger partial charge on any atom is -0.496 e. The fraction of sp³-hybridized carbons (Fsp3) is 0.333. The van der Waals surface area contributed by atoms with Gasteiger partial charge in [0.25, 0.3) is 0 Å². The van der Waals surface area contributed by atoms with Gasteiger partial charge in [0.15, 0.2) is 0 Å². The summed E-state index contributed by atoms with van der Waals surface area (Å²) in [4.78, 5) is 0. The van der Waals surface area contributed by atoms with Crippen molar-refractivity contribution in [1.82, 2.24) is 0 Å². The Morgan fingerprint density at radius 2 is 1.67 bits per heavy atom. The summed E-state index contributed by atoms with van der Waals surface area (Å²) >= 11 is 0. The maximum absolute atomic E-state index is 5.46. The van der Waals surface area contributed by atoms with Crippen LogP contribution >= 0.6 is 0 Å². The van der Waals surface area contributed by atoms with E-state index in [9.17, 15) is 0 Å². The van der Waals surface area contributed by atoms with E-state index in [1.807, 2.05) is 6.07 Å². The van der Waals surface area contributed by atoms with Crippen molar-refractivity contribution in [3.8, 4) is 11.5 Å². The molecule has 0 heterocycles. The Kier molecular flexibility index (Phi) is 4.73. The molecule has 0 atom stereocenters. The van der Waals surface area contributed by atoms with E-state index >= 15 is 0 Å². The van der Waals surface area contributed by atoms with Gasteiger partial charge < -0.3 is 14.8 Å². The molecule has 0 spiro atoms. The molecule has 0 unspecified atom stereocenters. The third-order valence-corrected chi connectivity index (χ3v) is 3.75. The van der Waals surface area contributed by atoms with Crippen molar-refractivity contribution in [3.63, 3.8) is 0 Å². The Bertz CT molecular complexity index is 635. The fourth-order valence-corrected chi connectivity index (χ4v) is 2.58. The van der Waals surface area contributed by atoms with Gasteiger partial charge in [-0.05, 0) is 49.6 Å². The first-order valence-electron chi connectivity index (χ1n) is 7.08. The summed E-state index contributed by atoms with van der Waals surface area (Å²) in [6.45, 7) is 6.97. The molecule has 2 rings (SSSR count). The number of nitrogens with one attached hydrogen (secondary N) is 1. The Hall–Kier alpha value is -2.16. The van der Waals surface area contributed by atoms with Gasteiger partial charge in [0, 0.05) is 17.8 Å². The SMILES string of the molecule is COc1ccc(CNc2ccc(C)c(OC)c2C)cc1C. The molecule has 2 aromatic carbocycles. The van der Waals surface area contributed by atoms with Gasteiger partial charge >= 0.3 is 0 Å². The summed E-state index contributed by atoms with van der Waals surface area (Å²) in [5.41, 5.74) is 5.77. The maximum atomic E-state index is 5.46. The normalized spacial score (nSPS) is 10.3. The molecule has 2 aromatic rings. The summed E-state index contributed by atoms with van der Waals surface area (Å²) < 4.78 is 10.7.